The summed E-state index contributed by atoms with van der Waals surface area (Å²) >= 11 is 24.1. The van der Waals surface area contributed by atoms with Crippen LogP contribution in [0.1, 0.15) is 8.87 Å². The number of halogens is 4. The van der Waals surface area contributed by atoms with Crippen LogP contribution in [-0.2, 0) is 0 Å². The minimum atomic E-state index is 0.401. The van der Waals surface area contributed by atoms with Crippen molar-refractivity contribution in [1.29, 1.82) is 0 Å². The van der Waals surface area contributed by atoms with Crippen molar-refractivity contribution >= 4 is 177 Å². The minimum absolute atomic E-state index is 0.401. The van der Waals surface area contributed by atoms with Gasteiger partial charge in [-0.05, 0) is 0 Å². The molecule has 0 spiro atoms. The van der Waals surface area contributed by atoms with E-state index in [4.69, 9.17) is 0 Å². The molecule has 0 aliphatic heterocycles. The average molecular weight is 904 g/mol. The second kappa shape index (κ2) is 8.75. The Morgan fingerprint density at radius 2 is 0.971 bits per heavy atom. The van der Waals surface area contributed by atoms with Crippen molar-refractivity contribution in [3.63, 3.8) is 0 Å². The van der Waals surface area contributed by atoms with E-state index in [0.29, 0.717) is 29.0 Å². The van der Waals surface area contributed by atoms with Crippen molar-refractivity contribution in [2.45, 2.75) is 13.8 Å². The third-order valence-electron chi connectivity index (χ3n) is 5.65. The molecule has 0 radical (unpaired) electrons. The fraction of sp³-hybridized carbons (Fsp3) is 0.0833. The number of aryl methyl sites for hydroxylation is 2. The topological polar surface area (TPSA) is 0 Å². The Kier molecular flexibility index (Phi) is 6.19. The van der Waals surface area contributed by atoms with E-state index in [2.05, 4.69) is 102 Å². The zero-order valence-corrected chi connectivity index (χ0v) is 30.3. The molecule has 0 bridgehead atoms. The van der Waals surface area contributed by atoms with Crippen LogP contribution in [0.5, 0.6) is 0 Å². The predicted octanol–water partition coefficient (Wildman–Crippen LogP) is 11.7. The van der Waals surface area contributed by atoms with E-state index < -0.39 is 0 Å². The van der Waals surface area contributed by atoms with Crippen molar-refractivity contribution in [3.8, 4) is 18.6 Å². The molecule has 0 saturated carbocycles. The molecule has 0 unspecified atom stereocenters. The Labute approximate surface area is 257 Å². The van der Waals surface area contributed by atoms with Crippen LogP contribution in [0.4, 0.5) is 0 Å². The van der Waals surface area contributed by atoms with Crippen molar-refractivity contribution in [3.05, 3.63) is 51.0 Å². The molecule has 0 aliphatic carbocycles. The van der Waals surface area contributed by atoms with Gasteiger partial charge in [-0.15, -0.1) is 0 Å². The molecule has 0 N–H and O–H groups in total. The Bertz CT molecular complexity index is 1800. The summed E-state index contributed by atoms with van der Waals surface area (Å²) in [6.07, 6.45) is 0. The molecule has 6 aromatic heterocycles. The predicted molar refractivity (Wildman–Crippen MR) is 173 cm³/mol. The Morgan fingerprint density at radius 3 is 1.32 bits per heavy atom. The van der Waals surface area contributed by atoms with E-state index >= 15 is 0 Å². The van der Waals surface area contributed by atoms with E-state index in [1.807, 2.05) is 45.3 Å². The van der Waals surface area contributed by atoms with Crippen LogP contribution in [0, 0.1) is 13.8 Å². The van der Waals surface area contributed by atoms with Gasteiger partial charge in [0.1, 0.15) is 0 Å². The van der Waals surface area contributed by atoms with Crippen LogP contribution >= 0.6 is 109 Å². The summed E-state index contributed by atoms with van der Waals surface area (Å²) < 4.78 is 19.3. The molecule has 6 heterocycles. The number of thiophene rings is 4. The van der Waals surface area contributed by atoms with E-state index in [-0.39, 0.29) is 0 Å². The van der Waals surface area contributed by atoms with Gasteiger partial charge in [0.25, 0.3) is 0 Å². The third-order valence-corrected chi connectivity index (χ3v) is 20.9. The summed E-state index contributed by atoms with van der Waals surface area (Å²) in [4.78, 5) is 2.79. The van der Waals surface area contributed by atoms with Crippen LogP contribution in [-0.4, -0.2) is 29.0 Å². The van der Waals surface area contributed by atoms with Gasteiger partial charge in [0, 0.05) is 0 Å². The monoisotopic (exact) mass is 901 g/mol. The van der Waals surface area contributed by atoms with Gasteiger partial charge in [0.05, 0.1) is 0 Å². The maximum atomic E-state index is 3.97. The third kappa shape index (κ3) is 3.59. The van der Waals surface area contributed by atoms with Crippen molar-refractivity contribution in [1.82, 2.24) is 0 Å². The van der Waals surface area contributed by atoms with Gasteiger partial charge in [-0.25, -0.2) is 0 Å². The molecule has 7 rings (SSSR count). The Balaban J connectivity index is 1.46. The van der Waals surface area contributed by atoms with Crippen LogP contribution in [0.3, 0.4) is 0 Å². The molecule has 0 amide bonds. The molecule has 170 valence electrons. The molecule has 0 aliphatic rings. The number of hydrogen-bond donors (Lipinski definition) is 0. The summed E-state index contributed by atoms with van der Waals surface area (Å²) in [6.45, 7) is 4.47. The van der Waals surface area contributed by atoms with E-state index in [9.17, 15) is 0 Å². The maximum absolute atomic E-state index is 3.97. The van der Waals surface area contributed by atoms with Gasteiger partial charge in [0.15, 0.2) is 0 Å². The molecule has 34 heavy (non-hydrogen) atoms. The fourth-order valence-corrected chi connectivity index (χ4v) is 19.2. The summed E-state index contributed by atoms with van der Waals surface area (Å²) in [6, 6.07) is 9.43. The summed E-state index contributed by atoms with van der Waals surface area (Å²) in [5.41, 5.74) is 0. The van der Waals surface area contributed by atoms with Gasteiger partial charge in [-0.1, -0.05) is 0 Å². The van der Waals surface area contributed by atoms with Crippen molar-refractivity contribution in [2.75, 3.05) is 0 Å². The molecular formula is C24H10Br4S4Se2. The summed E-state index contributed by atoms with van der Waals surface area (Å²) in [5.74, 6) is 0. The summed E-state index contributed by atoms with van der Waals surface area (Å²) in [5, 5.41) is 2.79. The first-order valence-corrected chi connectivity index (χ1v) is 19.9. The Hall–Kier alpha value is 0.979. The van der Waals surface area contributed by atoms with Crippen LogP contribution < -0.4 is 0 Å². The second-order valence-electron chi connectivity index (χ2n) is 7.92. The van der Waals surface area contributed by atoms with Crippen LogP contribution in [0.2, 0.25) is 0 Å². The first kappa shape index (κ1) is 24.0. The average Bonchev–Trinajstić information content (AvgIpc) is 3.59. The van der Waals surface area contributed by atoms with E-state index in [1.165, 1.54) is 84.4 Å². The molecule has 0 saturated heterocycles. The zero-order chi connectivity index (χ0) is 23.5. The number of fused-ring (bicyclic) bond motifs is 6. The van der Waals surface area contributed by atoms with Crippen molar-refractivity contribution in [2.24, 2.45) is 0 Å². The second-order valence-corrected chi connectivity index (χ2v) is 20.6. The normalized spacial score (nSPS) is 12.4. The van der Waals surface area contributed by atoms with Crippen LogP contribution in [0.25, 0.3) is 57.6 Å². The van der Waals surface area contributed by atoms with Crippen molar-refractivity contribution < 1.29 is 0 Å². The number of rotatable bonds is 2. The first-order valence-electron chi connectivity index (χ1n) is 10.0. The molecule has 0 fully saturated rings. The van der Waals surface area contributed by atoms with E-state index in [1.54, 1.807) is 0 Å². The Morgan fingerprint density at radius 1 is 0.559 bits per heavy atom. The number of hydrogen-bond acceptors (Lipinski definition) is 4. The van der Waals surface area contributed by atoms with Gasteiger partial charge < -0.3 is 0 Å². The SMILES string of the molecule is Cc1cc(Br)c(-c2sc3c(sc4cc5c(cc43)sc3c(Br)c(-c4[se]c(C)cc4Br)sc35)c2Br)[se]1. The van der Waals surface area contributed by atoms with Gasteiger partial charge in [-0.3, -0.25) is 0 Å². The van der Waals surface area contributed by atoms with Gasteiger partial charge in [0.2, 0.25) is 0 Å². The standard InChI is InChI=1S/C24H10Br4S4Se2/c1-7-3-11(25)23(33-7)21-15(27)19-17(31-21)9-5-14-10(6-13(9)29-19)18-20(30-14)16(28)22(32-18)24-12(26)4-8(2)34-24/h3-6H,1-2H3. The molecular weight excluding hydrogens is 894 g/mol. The molecule has 0 atom stereocenters. The molecule has 1 aromatic carbocycles. The first-order chi connectivity index (χ1) is 16.3. The van der Waals surface area contributed by atoms with E-state index in [0.717, 1.165) is 0 Å². The van der Waals surface area contributed by atoms with Crippen LogP contribution in [0.15, 0.2) is 42.2 Å². The molecule has 0 nitrogen and oxygen atoms in total. The fourth-order valence-electron chi connectivity index (χ4n) is 4.20. The summed E-state index contributed by atoms with van der Waals surface area (Å²) in [7, 11) is 0. The number of benzene rings is 1. The zero-order valence-electron chi connectivity index (χ0n) is 17.3. The molecule has 7 aromatic rings. The quantitative estimate of drug-likeness (QED) is 0.152. The van der Waals surface area contributed by atoms with Gasteiger partial charge in [-0.2, -0.15) is 0 Å². The molecule has 10 heteroatoms. The van der Waals surface area contributed by atoms with Gasteiger partial charge >= 0.3 is 261 Å².